The quantitative estimate of drug-likeness (QED) is 0.721. The van der Waals surface area contributed by atoms with Crippen LogP contribution in [0.4, 0.5) is 0 Å². The molecule has 2 rings (SSSR count). The van der Waals surface area contributed by atoms with Crippen molar-refractivity contribution in [3.63, 3.8) is 0 Å². The van der Waals surface area contributed by atoms with E-state index in [0.29, 0.717) is 0 Å². The number of nitrogens with zero attached hydrogens (tertiary/aromatic N) is 1. The summed E-state index contributed by atoms with van der Waals surface area (Å²) in [5.41, 5.74) is 1.33. The molecule has 2 nitrogen and oxygen atoms in total. The molecule has 16 heavy (non-hydrogen) atoms. The number of benzene rings is 1. The molecule has 0 radical (unpaired) electrons. The van der Waals surface area contributed by atoms with Gasteiger partial charge in [0.25, 0.3) is 0 Å². The average molecular weight is 235 g/mol. The third-order valence-corrected chi connectivity index (χ3v) is 3.66. The number of hydrogen-bond donors (Lipinski definition) is 0. The first-order valence-electron chi connectivity index (χ1n) is 5.85. The fourth-order valence-electron chi connectivity index (χ4n) is 2.10. The van der Waals surface area contributed by atoms with Crippen molar-refractivity contribution in [3.05, 3.63) is 35.9 Å². The van der Waals surface area contributed by atoms with Gasteiger partial charge in [-0.15, -0.1) is 9.24 Å². The van der Waals surface area contributed by atoms with E-state index < -0.39 is 0 Å². The van der Waals surface area contributed by atoms with Crippen LogP contribution in [0.15, 0.2) is 30.3 Å². The Morgan fingerprint density at radius 1 is 1.25 bits per heavy atom. The van der Waals surface area contributed by atoms with Crippen LogP contribution in [0.3, 0.4) is 0 Å². The maximum Gasteiger partial charge on any atom is 0.229 e. The minimum absolute atomic E-state index is 0.117. The summed E-state index contributed by atoms with van der Waals surface area (Å²) < 4.78 is 0. The highest BCUT2D eigenvalue weighted by molar-refractivity contribution is 7.19. The summed E-state index contributed by atoms with van der Waals surface area (Å²) in [4.78, 5) is 14.0. The van der Waals surface area contributed by atoms with Crippen LogP contribution in [0.25, 0.3) is 0 Å². The van der Waals surface area contributed by atoms with Gasteiger partial charge in [-0.25, -0.2) is 0 Å². The maximum absolute atomic E-state index is 12.1. The van der Waals surface area contributed by atoms with Crippen molar-refractivity contribution < 1.29 is 4.79 Å². The van der Waals surface area contributed by atoms with E-state index in [9.17, 15) is 4.79 Å². The fourth-order valence-corrected chi connectivity index (χ4v) is 2.54. The van der Waals surface area contributed by atoms with Crippen molar-refractivity contribution in [1.29, 1.82) is 0 Å². The highest BCUT2D eigenvalue weighted by Gasteiger charge is 2.23. The molecule has 1 heterocycles. The zero-order chi connectivity index (χ0) is 11.4. The van der Waals surface area contributed by atoms with E-state index in [4.69, 9.17) is 0 Å². The molecular formula is C13H18NOP. The monoisotopic (exact) mass is 235 g/mol. The molecule has 1 aromatic rings. The molecule has 0 spiro atoms. The molecule has 1 fully saturated rings. The van der Waals surface area contributed by atoms with Crippen molar-refractivity contribution >= 4 is 15.1 Å². The first-order chi connectivity index (χ1) is 7.77. The minimum Gasteiger partial charge on any atom is -0.338 e. The van der Waals surface area contributed by atoms with E-state index in [2.05, 4.69) is 21.4 Å². The van der Waals surface area contributed by atoms with Gasteiger partial charge in [-0.2, -0.15) is 0 Å². The SMILES string of the molecule is O=C1C(P)CCCCN1Cc1ccccc1. The zero-order valence-electron chi connectivity index (χ0n) is 9.43. The predicted octanol–water partition coefficient (Wildman–Crippen LogP) is 2.44. The highest BCUT2D eigenvalue weighted by Crippen LogP contribution is 2.20. The Kier molecular flexibility index (Phi) is 3.95. The molecular weight excluding hydrogens is 217 g/mol. The van der Waals surface area contributed by atoms with Crippen LogP contribution in [0.1, 0.15) is 24.8 Å². The Morgan fingerprint density at radius 2 is 2.00 bits per heavy atom. The normalized spacial score (nSPS) is 21.9. The van der Waals surface area contributed by atoms with Crippen LogP contribution in [0, 0.1) is 0 Å². The summed E-state index contributed by atoms with van der Waals surface area (Å²) in [6.45, 7) is 1.66. The molecule has 1 aliphatic heterocycles. The number of carbonyl (C=O) groups is 1. The average Bonchev–Trinajstić information content (AvgIpc) is 2.46. The lowest BCUT2D eigenvalue weighted by Crippen LogP contribution is -2.34. The van der Waals surface area contributed by atoms with E-state index in [1.54, 1.807) is 0 Å². The maximum atomic E-state index is 12.1. The summed E-state index contributed by atoms with van der Waals surface area (Å²) in [6, 6.07) is 10.2. The number of likely N-dealkylation sites (tertiary alicyclic amines) is 1. The topological polar surface area (TPSA) is 20.3 Å². The number of hydrogen-bond acceptors (Lipinski definition) is 1. The summed E-state index contributed by atoms with van der Waals surface area (Å²) in [5.74, 6) is 0.284. The summed E-state index contributed by atoms with van der Waals surface area (Å²) in [7, 11) is 2.68. The van der Waals surface area contributed by atoms with Crippen LogP contribution in [-0.4, -0.2) is 23.0 Å². The summed E-state index contributed by atoms with van der Waals surface area (Å²) >= 11 is 0. The third kappa shape index (κ3) is 2.82. The molecule has 0 aliphatic carbocycles. The van der Waals surface area contributed by atoms with E-state index in [1.807, 2.05) is 23.1 Å². The predicted molar refractivity (Wildman–Crippen MR) is 69.2 cm³/mol. The van der Waals surface area contributed by atoms with E-state index in [-0.39, 0.29) is 11.6 Å². The molecule has 0 bridgehead atoms. The number of rotatable bonds is 2. The van der Waals surface area contributed by atoms with Crippen LogP contribution < -0.4 is 0 Å². The van der Waals surface area contributed by atoms with Gasteiger partial charge in [0.15, 0.2) is 0 Å². The Hall–Kier alpha value is -0.880. The molecule has 1 amide bonds. The minimum atomic E-state index is 0.117. The fraction of sp³-hybridized carbons (Fsp3) is 0.462. The largest absolute Gasteiger partial charge is 0.338 e. The van der Waals surface area contributed by atoms with Gasteiger partial charge in [0.05, 0.1) is 5.66 Å². The third-order valence-electron chi connectivity index (χ3n) is 3.04. The Morgan fingerprint density at radius 3 is 2.75 bits per heavy atom. The lowest BCUT2D eigenvalue weighted by molar-refractivity contribution is -0.130. The Bertz CT molecular complexity index is 352. The van der Waals surface area contributed by atoms with Gasteiger partial charge in [0, 0.05) is 13.1 Å². The molecule has 0 saturated carbocycles. The molecule has 0 N–H and O–H groups in total. The molecule has 0 aromatic heterocycles. The molecule has 86 valence electrons. The van der Waals surface area contributed by atoms with Crippen LogP contribution in [-0.2, 0) is 11.3 Å². The van der Waals surface area contributed by atoms with Gasteiger partial charge in [0.1, 0.15) is 0 Å². The van der Waals surface area contributed by atoms with Crippen molar-refractivity contribution in [2.45, 2.75) is 31.5 Å². The molecule has 1 saturated heterocycles. The first kappa shape index (κ1) is 11.6. The highest BCUT2D eigenvalue weighted by atomic mass is 31.0. The smallest absolute Gasteiger partial charge is 0.229 e. The van der Waals surface area contributed by atoms with Crippen molar-refractivity contribution in [2.24, 2.45) is 0 Å². The number of carbonyl (C=O) groups excluding carboxylic acids is 1. The Labute approximate surface area is 99.2 Å². The van der Waals surface area contributed by atoms with Gasteiger partial charge in [0.2, 0.25) is 5.91 Å². The summed E-state index contributed by atoms with van der Waals surface area (Å²) in [6.07, 6.45) is 3.30. The second-order valence-electron chi connectivity index (χ2n) is 4.35. The van der Waals surface area contributed by atoms with Crippen LogP contribution in [0.2, 0.25) is 0 Å². The first-order valence-corrected chi connectivity index (χ1v) is 6.52. The van der Waals surface area contributed by atoms with Gasteiger partial charge in [-0.3, -0.25) is 4.79 Å². The molecule has 1 aromatic carbocycles. The van der Waals surface area contributed by atoms with Crippen molar-refractivity contribution in [3.8, 4) is 0 Å². The molecule has 3 heteroatoms. The standard InChI is InChI=1S/C13H18NOP/c15-13-12(16)8-4-5-9-14(13)10-11-6-2-1-3-7-11/h1-3,6-7,12H,4-5,8-10,16H2. The second kappa shape index (κ2) is 5.45. The lowest BCUT2D eigenvalue weighted by atomic mass is 10.2. The van der Waals surface area contributed by atoms with Gasteiger partial charge in [-0.05, 0) is 18.4 Å². The van der Waals surface area contributed by atoms with E-state index in [1.165, 1.54) is 5.56 Å². The molecule has 2 unspecified atom stereocenters. The molecule has 2 atom stereocenters. The van der Waals surface area contributed by atoms with Gasteiger partial charge < -0.3 is 4.90 Å². The van der Waals surface area contributed by atoms with Crippen molar-refractivity contribution in [1.82, 2.24) is 4.90 Å². The van der Waals surface area contributed by atoms with Crippen molar-refractivity contribution in [2.75, 3.05) is 6.54 Å². The lowest BCUT2D eigenvalue weighted by Gasteiger charge is -2.22. The number of amides is 1. The summed E-state index contributed by atoms with van der Waals surface area (Å²) in [5, 5.41) is 0. The van der Waals surface area contributed by atoms with Gasteiger partial charge in [-0.1, -0.05) is 36.8 Å². The van der Waals surface area contributed by atoms with Crippen LogP contribution >= 0.6 is 9.24 Å². The second-order valence-corrected chi connectivity index (χ2v) is 5.15. The van der Waals surface area contributed by atoms with Gasteiger partial charge >= 0.3 is 0 Å². The van der Waals surface area contributed by atoms with Crippen LogP contribution in [0.5, 0.6) is 0 Å². The Balaban J connectivity index is 2.05. The molecule has 1 aliphatic rings. The zero-order valence-corrected chi connectivity index (χ0v) is 10.6. The van der Waals surface area contributed by atoms with E-state index in [0.717, 1.165) is 32.4 Å². The van der Waals surface area contributed by atoms with E-state index >= 15 is 0 Å².